The quantitative estimate of drug-likeness (QED) is 0.908. The van der Waals surface area contributed by atoms with Crippen LogP contribution in [0.15, 0.2) is 29.8 Å². The van der Waals surface area contributed by atoms with Crippen LogP contribution in [0, 0.1) is 6.92 Å². The molecule has 0 bridgehead atoms. The lowest BCUT2D eigenvalue weighted by Crippen LogP contribution is -2.26. The number of thiazole rings is 1. The van der Waals surface area contributed by atoms with Crippen molar-refractivity contribution >= 4 is 11.3 Å². The smallest absolute Gasteiger partial charge is 0.0801 e. The number of benzene rings is 1. The van der Waals surface area contributed by atoms with Crippen LogP contribution in [0.3, 0.4) is 0 Å². The minimum absolute atomic E-state index is 0.107. The number of nitrogens with zero attached hydrogens (tertiary/aromatic N) is 1. The topological polar surface area (TPSA) is 45.2 Å². The van der Waals surface area contributed by atoms with Gasteiger partial charge in [-0.25, -0.2) is 4.98 Å². The molecule has 1 saturated carbocycles. The van der Waals surface area contributed by atoms with E-state index in [0.717, 1.165) is 31.5 Å². The predicted octanol–water partition coefficient (Wildman–Crippen LogP) is 3.12. The van der Waals surface area contributed by atoms with E-state index in [0.29, 0.717) is 6.04 Å². The van der Waals surface area contributed by atoms with E-state index in [-0.39, 0.29) is 6.10 Å². The normalized spacial score (nSPS) is 22.3. The number of rotatable bonds is 4. The average molecular weight is 288 g/mol. The van der Waals surface area contributed by atoms with E-state index in [1.54, 1.807) is 11.3 Å². The van der Waals surface area contributed by atoms with Gasteiger partial charge in [-0.15, -0.1) is 11.3 Å². The van der Waals surface area contributed by atoms with Crippen LogP contribution in [0.5, 0.6) is 0 Å². The summed E-state index contributed by atoms with van der Waals surface area (Å²) in [5, 5.41) is 13.0. The molecule has 0 aliphatic heterocycles. The molecule has 3 nitrogen and oxygen atoms in total. The Hall–Kier alpha value is -1.23. The van der Waals surface area contributed by atoms with Gasteiger partial charge in [-0.05, 0) is 37.3 Å². The van der Waals surface area contributed by atoms with E-state index < -0.39 is 0 Å². The summed E-state index contributed by atoms with van der Waals surface area (Å²) in [7, 11) is 0. The number of hydrogen-bond donors (Lipinski definition) is 2. The van der Waals surface area contributed by atoms with Crippen molar-refractivity contribution in [3.8, 4) is 10.4 Å². The van der Waals surface area contributed by atoms with Crippen molar-refractivity contribution in [1.82, 2.24) is 10.3 Å². The fourth-order valence-corrected chi connectivity index (χ4v) is 3.57. The fourth-order valence-electron chi connectivity index (χ4n) is 2.76. The molecule has 2 N–H and O–H groups in total. The van der Waals surface area contributed by atoms with Crippen molar-refractivity contribution in [2.75, 3.05) is 0 Å². The zero-order chi connectivity index (χ0) is 13.9. The first-order chi connectivity index (χ1) is 9.72. The van der Waals surface area contributed by atoms with Crippen LogP contribution in [0.25, 0.3) is 10.4 Å². The average Bonchev–Trinajstić information content (AvgIpc) is 3.06. The Labute approximate surface area is 123 Å². The van der Waals surface area contributed by atoms with E-state index in [1.165, 1.54) is 16.0 Å². The number of hydrogen-bond acceptors (Lipinski definition) is 4. The first-order valence-corrected chi connectivity index (χ1v) is 8.01. The minimum Gasteiger partial charge on any atom is -0.393 e. The molecule has 0 spiro atoms. The van der Waals surface area contributed by atoms with Gasteiger partial charge in [-0.3, -0.25) is 0 Å². The number of nitrogens with one attached hydrogen (secondary N) is 1. The van der Waals surface area contributed by atoms with Gasteiger partial charge in [0.05, 0.1) is 22.2 Å². The summed E-state index contributed by atoms with van der Waals surface area (Å²) >= 11 is 1.69. The zero-order valence-electron chi connectivity index (χ0n) is 11.7. The summed E-state index contributed by atoms with van der Waals surface area (Å²) in [6, 6.07) is 9.15. The third kappa shape index (κ3) is 3.08. The van der Waals surface area contributed by atoms with Crippen LogP contribution in [-0.2, 0) is 6.54 Å². The van der Waals surface area contributed by atoms with Gasteiger partial charge < -0.3 is 10.4 Å². The Morgan fingerprint density at radius 1 is 1.30 bits per heavy atom. The third-order valence-electron chi connectivity index (χ3n) is 3.96. The molecule has 0 radical (unpaired) electrons. The van der Waals surface area contributed by atoms with Crippen molar-refractivity contribution in [1.29, 1.82) is 0 Å². The van der Waals surface area contributed by atoms with Gasteiger partial charge in [0, 0.05) is 12.6 Å². The summed E-state index contributed by atoms with van der Waals surface area (Å²) in [6.07, 6.45) is 2.79. The summed E-state index contributed by atoms with van der Waals surface area (Å²) in [6.45, 7) is 2.92. The van der Waals surface area contributed by atoms with Crippen LogP contribution in [0.2, 0.25) is 0 Å². The molecule has 1 fully saturated rings. The first-order valence-electron chi connectivity index (χ1n) is 7.13. The van der Waals surface area contributed by atoms with E-state index in [9.17, 15) is 5.11 Å². The molecule has 1 heterocycles. The second-order valence-electron chi connectivity index (χ2n) is 5.51. The molecule has 2 aromatic rings. The Morgan fingerprint density at radius 3 is 2.70 bits per heavy atom. The summed E-state index contributed by atoms with van der Waals surface area (Å²) in [4.78, 5) is 5.55. The molecule has 1 aliphatic carbocycles. The van der Waals surface area contributed by atoms with E-state index in [2.05, 4.69) is 34.6 Å². The molecule has 1 aromatic carbocycles. The SMILES string of the molecule is Cc1ncsc1-c1ccc(CNC2CC[C@@H](O)C2)cc1. The van der Waals surface area contributed by atoms with Gasteiger partial charge in [0.1, 0.15) is 0 Å². The Morgan fingerprint density at radius 2 is 2.10 bits per heavy atom. The van der Waals surface area contributed by atoms with Gasteiger partial charge in [-0.1, -0.05) is 24.3 Å². The van der Waals surface area contributed by atoms with Crippen molar-refractivity contribution in [2.24, 2.45) is 0 Å². The summed E-state index contributed by atoms with van der Waals surface area (Å²) < 4.78 is 0. The monoisotopic (exact) mass is 288 g/mol. The van der Waals surface area contributed by atoms with Crippen molar-refractivity contribution in [3.05, 3.63) is 41.0 Å². The lowest BCUT2D eigenvalue weighted by Gasteiger charge is -2.12. The minimum atomic E-state index is -0.107. The molecule has 20 heavy (non-hydrogen) atoms. The van der Waals surface area contributed by atoms with Crippen molar-refractivity contribution in [3.63, 3.8) is 0 Å². The first kappa shape index (κ1) is 13.7. The maximum Gasteiger partial charge on any atom is 0.0801 e. The van der Waals surface area contributed by atoms with Gasteiger partial charge >= 0.3 is 0 Å². The number of aryl methyl sites for hydroxylation is 1. The maximum absolute atomic E-state index is 9.52. The third-order valence-corrected chi connectivity index (χ3v) is 4.94. The molecule has 1 aliphatic rings. The Bertz CT molecular complexity index is 564. The molecule has 4 heteroatoms. The lowest BCUT2D eigenvalue weighted by molar-refractivity contribution is 0.179. The largest absolute Gasteiger partial charge is 0.393 e. The standard InChI is InChI=1S/C16H20N2OS/c1-11-16(20-10-18-11)13-4-2-12(3-5-13)9-17-14-6-7-15(19)8-14/h2-5,10,14-15,17,19H,6-9H2,1H3/t14?,15-/m1/s1. The molecule has 0 amide bonds. The van der Waals surface area contributed by atoms with Crippen LogP contribution in [0.4, 0.5) is 0 Å². The van der Waals surface area contributed by atoms with Gasteiger partial charge in [0.2, 0.25) is 0 Å². The molecule has 3 rings (SSSR count). The van der Waals surface area contributed by atoms with Crippen LogP contribution in [0.1, 0.15) is 30.5 Å². The van der Waals surface area contributed by atoms with E-state index in [4.69, 9.17) is 0 Å². The number of aliphatic hydroxyl groups is 1. The van der Waals surface area contributed by atoms with Gasteiger partial charge in [-0.2, -0.15) is 0 Å². The molecular formula is C16H20N2OS. The highest BCUT2D eigenvalue weighted by Crippen LogP contribution is 2.27. The maximum atomic E-state index is 9.52. The zero-order valence-corrected chi connectivity index (χ0v) is 12.5. The molecular weight excluding hydrogens is 268 g/mol. The molecule has 1 unspecified atom stereocenters. The number of aromatic nitrogens is 1. The molecule has 2 atom stereocenters. The molecule has 106 valence electrons. The second kappa shape index (κ2) is 6.04. The number of aliphatic hydroxyl groups excluding tert-OH is 1. The van der Waals surface area contributed by atoms with Crippen LogP contribution >= 0.6 is 11.3 Å². The van der Waals surface area contributed by atoms with E-state index in [1.807, 2.05) is 12.4 Å². The lowest BCUT2D eigenvalue weighted by atomic mass is 10.1. The highest BCUT2D eigenvalue weighted by molar-refractivity contribution is 7.13. The second-order valence-corrected chi connectivity index (χ2v) is 6.36. The summed E-state index contributed by atoms with van der Waals surface area (Å²) in [5.41, 5.74) is 5.52. The Kier molecular flexibility index (Phi) is 4.15. The fraction of sp³-hybridized carbons (Fsp3) is 0.438. The van der Waals surface area contributed by atoms with Crippen molar-refractivity contribution < 1.29 is 5.11 Å². The molecule has 0 saturated heterocycles. The molecule has 1 aromatic heterocycles. The highest BCUT2D eigenvalue weighted by atomic mass is 32.1. The van der Waals surface area contributed by atoms with Crippen LogP contribution in [-0.4, -0.2) is 22.2 Å². The predicted molar refractivity (Wildman–Crippen MR) is 82.8 cm³/mol. The summed E-state index contributed by atoms with van der Waals surface area (Å²) in [5.74, 6) is 0. The van der Waals surface area contributed by atoms with E-state index >= 15 is 0 Å². The van der Waals surface area contributed by atoms with Gasteiger partial charge in [0.15, 0.2) is 0 Å². The van der Waals surface area contributed by atoms with Gasteiger partial charge in [0.25, 0.3) is 0 Å². The van der Waals surface area contributed by atoms with Crippen LogP contribution < -0.4 is 5.32 Å². The Balaban J connectivity index is 1.60. The highest BCUT2D eigenvalue weighted by Gasteiger charge is 2.21. The van der Waals surface area contributed by atoms with Crippen molar-refractivity contribution in [2.45, 2.75) is 44.9 Å².